The Balaban J connectivity index is 3.85. The van der Waals surface area contributed by atoms with Gasteiger partial charge in [0.1, 0.15) is 0 Å². The second-order valence-corrected chi connectivity index (χ2v) is 4.08. The standard InChI is InChI=1S/C11H23N3O2/c1-4-13-10(15)8-14(3)11(16)6-5-9(2)7-12/h9H,4-8,12H2,1-3H3,(H,13,15). The first kappa shape index (κ1) is 14.9. The van der Waals surface area contributed by atoms with E-state index in [0.717, 1.165) is 6.42 Å². The van der Waals surface area contributed by atoms with Crippen molar-refractivity contribution in [2.24, 2.45) is 11.7 Å². The van der Waals surface area contributed by atoms with Crippen LogP contribution in [0.15, 0.2) is 0 Å². The third-order valence-electron chi connectivity index (χ3n) is 2.43. The summed E-state index contributed by atoms with van der Waals surface area (Å²) in [5.41, 5.74) is 5.47. The molecule has 0 aliphatic heterocycles. The minimum atomic E-state index is -0.120. The number of likely N-dealkylation sites (N-methyl/N-ethyl adjacent to an activating group) is 2. The third-order valence-corrected chi connectivity index (χ3v) is 2.43. The van der Waals surface area contributed by atoms with E-state index in [1.807, 2.05) is 13.8 Å². The molecule has 16 heavy (non-hydrogen) atoms. The van der Waals surface area contributed by atoms with E-state index in [-0.39, 0.29) is 18.4 Å². The van der Waals surface area contributed by atoms with Gasteiger partial charge in [0.05, 0.1) is 6.54 Å². The molecule has 5 nitrogen and oxygen atoms in total. The summed E-state index contributed by atoms with van der Waals surface area (Å²) in [6.07, 6.45) is 1.23. The molecular weight excluding hydrogens is 206 g/mol. The molecule has 0 saturated heterocycles. The predicted octanol–water partition coefficient (Wildman–Crippen LogP) is -0.0441. The van der Waals surface area contributed by atoms with E-state index in [4.69, 9.17) is 5.73 Å². The van der Waals surface area contributed by atoms with Crippen molar-refractivity contribution >= 4 is 11.8 Å². The minimum Gasteiger partial charge on any atom is -0.355 e. The van der Waals surface area contributed by atoms with Crippen molar-refractivity contribution in [2.45, 2.75) is 26.7 Å². The molecule has 0 radical (unpaired) electrons. The average Bonchev–Trinajstić information content (AvgIpc) is 2.25. The van der Waals surface area contributed by atoms with Gasteiger partial charge in [0, 0.05) is 20.0 Å². The minimum absolute atomic E-state index is 0.00782. The fraction of sp³-hybridized carbons (Fsp3) is 0.818. The summed E-state index contributed by atoms with van der Waals surface area (Å²) in [6.45, 7) is 5.17. The first-order valence-electron chi connectivity index (χ1n) is 5.72. The van der Waals surface area contributed by atoms with Gasteiger partial charge >= 0.3 is 0 Å². The highest BCUT2D eigenvalue weighted by atomic mass is 16.2. The molecule has 0 rings (SSSR count). The topological polar surface area (TPSA) is 75.4 Å². The second kappa shape index (κ2) is 8.10. The first-order valence-corrected chi connectivity index (χ1v) is 5.72. The number of nitrogens with one attached hydrogen (secondary N) is 1. The van der Waals surface area contributed by atoms with Crippen LogP contribution in [-0.4, -0.2) is 43.4 Å². The number of hydrogen-bond acceptors (Lipinski definition) is 3. The number of carbonyl (C=O) groups is 2. The van der Waals surface area contributed by atoms with Gasteiger partial charge in [0.25, 0.3) is 0 Å². The van der Waals surface area contributed by atoms with Gasteiger partial charge in [-0.05, 0) is 25.8 Å². The van der Waals surface area contributed by atoms with Crippen molar-refractivity contribution in [3.63, 3.8) is 0 Å². The summed E-state index contributed by atoms with van der Waals surface area (Å²) in [7, 11) is 1.64. The molecule has 0 aromatic rings. The molecule has 0 bridgehead atoms. The van der Waals surface area contributed by atoms with Crippen LogP contribution >= 0.6 is 0 Å². The number of amides is 2. The van der Waals surface area contributed by atoms with E-state index in [1.54, 1.807) is 7.05 Å². The van der Waals surface area contributed by atoms with Gasteiger partial charge in [-0.25, -0.2) is 0 Å². The Hall–Kier alpha value is -1.10. The Morgan fingerprint density at radius 1 is 1.44 bits per heavy atom. The van der Waals surface area contributed by atoms with Gasteiger partial charge in [0.2, 0.25) is 11.8 Å². The van der Waals surface area contributed by atoms with Crippen LogP contribution in [0, 0.1) is 5.92 Å². The van der Waals surface area contributed by atoms with Gasteiger partial charge in [-0.15, -0.1) is 0 Å². The Morgan fingerprint density at radius 3 is 2.56 bits per heavy atom. The van der Waals surface area contributed by atoms with Crippen LogP contribution in [0.25, 0.3) is 0 Å². The Morgan fingerprint density at radius 2 is 2.06 bits per heavy atom. The fourth-order valence-corrected chi connectivity index (χ4v) is 1.24. The lowest BCUT2D eigenvalue weighted by Gasteiger charge is -2.17. The summed E-state index contributed by atoms with van der Waals surface area (Å²) in [5, 5.41) is 2.65. The molecule has 1 atom stereocenters. The molecule has 1 unspecified atom stereocenters. The second-order valence-electron chi connectivity index (χ2n) is 4.08. The molecule has 0 aromatic carbocycles. The Kier molecular flexibility index (Phi) is 7.54. The number of nitrogens with zero attached hydrogens (tertiary/aromatic N) is 1. The van der Waals surface area contributed by atoms with E-state index in [1.165, 1.54) is 4.90 Å². The molecular formula is C11H23N3O2. The third kappa shape index (κ3) is 6.40. The van der Waals surface area contributed by atoms with Crippen LogP contribution in [0.2, 0.25) is 0 Å². The summed E-state index contributed by atoms with van der Waals surface area (Å²) in [6, 6.07) is 0. The largest absolute Gasteiger partial charge is 0.355 e. The molecule has 0 spiro atoms. The smallest absolute Gasteiger partial charge is 0.239 e. The highest BCUT2D eigenvalue weighted by Crippen LogP contribution is 2.04. The van der Waals surface area contributed by atoms with E-state index in [9.17, 15) is 9.59 Å². The molecule has 5 heteroatoms. The molecule has 0 saturated carbocycles. The van der Waals surface area contributed by atoms with Crippen molar-refractivity contribution in [1.82, 2.24) is 10.2 Å². The zero-order valence-corrected chi connectivity index (χ0v) is 10.5. The maximum absolute atomic E-state index is 11.6. The van der Waals surface area contributed by atoms with Gasteiger partial charge < -0.3 is 16.0 Å². The molecule has 0 aromatic heterocycles. The molecule has 94 valence electrons. The molecule has 0 aliphatic carbocycles. The number of carbonyl (C=O) groups excluding carboxylic acids is 2. The highest BCUT2D eigenvalue weighted by Gasteiger charge is 2.13. The number of hydrogen-bond donors (Lipinski definition) is 2. The number of nitrogens with two attached hydrogens (primary N) is 1. The lowest BCUT2D eigenvalue weighted by atomic mass is 10.1. The zero-order valence-electron chi connectivity index (χ0n) is 10.5. The highest BCUT2D eigenvalue weighted by molar-refractivity contribution is 5.84. The van der Waals surface area contributed by atoms with Crippen molar-refractivity contribution < 1.29 is 9.59 Å². The molecule has 2 amide bonds. The van der Waals surface area contributed by atoms with Crippen LogP contribution in [0.5, 0.6) is 0 Å². The van der Waals surface area contributed by atoms with Gasteiger partial charge in [-0.1, -0.05) is 6.92 Å². The van der Waals surface area contributed by atoms with Crippen LogP contribution in [0.1, 0.15) is 26.7 Å². The summed E-state index contributed by atoms with van der Waals surface area (Å²) in [4.78, 5) is 24.3. The van der Waals surface area contributed by atoms with E-state index in [2.05, 4.69) is 5.32 Å². The monoisotopic (exact) mass is 229 g/mol. The Bertz CT molecular complexity index is 231. The molecule has 3 N–H and O–H groups in total. The van der Waals surface area contributed by atoms with Gasteiger partial charge in [0.15, 0.2) is 0 Å². The maximum atomic E-state index is 11.6. The SMILES string of the molecule is CCNC(=O)CN(C)C(=O)CCC(C)CN. The summed E-state index contributed by atoms with van der Waals surface area (Å²) < 4.78 is 0. The fourth-order valence-electron chi connectivity index (χ4n) is 1.24. The van der Waals surface area contributed by atoms with Crippen molar-refractivity contribution in [1.29, 1.82) is 0 Å². The van der Waals surface area contributed by atoms with Crippen molar-refractivity contribution in [3.8, 4) is 0 Å². The molecule has 0 aliphatic rings. The average molecular weight is 229 g/mol. The molecule has 0 fully saturated rings. The Labute approximate surface area is 97.4 Å². The first-order chi connectivity index (χ1) is 7.51. The normalized spacial score (nSPS) is 12.0. The lowest BCUT2D eigenvalue weighted by Crippen LogP contribution is -2.38. The van der Waals surface area contributed by atoms with Crippen LogP contribution in [0.4, 0.5) is 0 Å². The van der Waals surface area contributed by atoms with Crippen molar-refractivity contribution in [3.05, 3.63) is 0 Å². The summed E-state index contributed by atoms with van der Waals surface area (Å²) >= 11 is 0. The van der Waals surface area contributed by atoms with Gasteiger partial charge in [-0.3, -0.25) is 9.59 Å². The predicted molar refractivity (Wildman–Crippen MR) is 63.8 cm³/mol. The van der Waals surface area contributed by atoms with Crippen LogP contribution in [0.3, 0.4) is 0 Å². The van der Waals surface area contributed by atoms with Crippen molar-refractivity contribution in [2.75, 3.05) is 26.7 Å². The van der Waals surface area contributed by atoms with E-state index < -0.39 is 0 Å². The quantitative estimate of drug-likeness (QED) is 0.643. The van der Waals surface area contributed by atoms with Gasteiger partial charge in [-0.2, -0.15) is 0 Å². The van der Waals surface area contributed by atoms with Crippen LogP contribution in [-0.2, 0) is 9.59 Å². The summed E-state index contributed by atoms with van der Waals surface area (Å²) in [5.74, 6) is 0.221. The lowest BCUT2D eigenvalue weighted by molar-refractivity contribution is -0.134. The van der Waals surface area contributed by atoms with E-state index in [0.29, 0.717) is 25.4 Å². The molecule has 0 heterocycles. The van der Waals surface area contributed by atoms with Crippen LogP contribution < -0.4 is 11.1 Å². The maximum Gasteiger partial charge on any atom is 0.239 e. The van der Waals surface area contributed by atoms with E-state index >= 15 is 0 Å². The zero-order chi connectivity index (χ0) is 12.6. The number of rotatable bonds is 7.